The van der Waals surface area contributed by atoms with Crippen LogP contribution in [0.1, 0.15) is 6.92 Å². The Balaban J connectivity index is 2.12. The van der Waals surface area contributed by atoms with E-state index < -0.39 is 0 Å². The van der Waals surface area contributed by atoms with Crippen LogP contribution in [0.25, 0.3) is 0 Å². The van der Waals surface area contributed by atoms with Crippen molar-refractivity contribution in [3.8, 4) is 5.75 Å². The summed E-state index contributed by atoms with van der Waals surface area (Å²) in [6, 6.07) is 14.3. The van der Waals surface area contributed by atoms with Crippen LogP contribution in [-0.2, 0) is 9.59 Å². The SMILES string of the molecule is COc1cccc(N(CC(=O)Nc2cccc(Br)c2)C(C)=O)c1. The van der Waals surface area contributed by atoms with Gasteiger partial charge in [0.1, 0.15) is 12.3 Å². The minimum atomic E-state index is -0.277. The van der Waals surface area contributed by atoms with Crippen LogP contribution in [0.4, 0.5) is 11.4 Å². The Labute approximate surface area is 143 Å². The van der Waals surface area contributed by atoms with Crippen molar-refractivity contribution in [3.05, 3.63) is 53.0 Å². The highest BCUT2D eigenvalue weighted by Gasteiger charge is 2.16. The quantitative estimate of drug-likeness (QED) is 0.869. The number of carbonyl (C=O) groups excluding carboxylic acids is 2. The van der Waals surface area contributed by atoms with Crippen molar-refractivity contribution < 1.29 is 14.3 Å². The van der Waals surface area contributed by atoms with Crippen molar-refractivity contribution in [2.75, 3.05) is 23.9 Å². The van der Waals surface area contributed by atoms with Gasteiger partial charge < -0.3 is 15.0 Å². The lowest BCUT2D eigenvalue weighted by Crippen LogP contribution is -2.36. The zero-order valence-corrected chi connectivity index (χ0v) is 14.5. The number of rotatable bonds is 5. The molecule has 0 aliphatic rings. The van der Waals surface area contributed by atoms with Gasteiger partial charge in [-0.15, -0.1) is 0 Å². The first kappa shape index (κ1) is 17.0. The van der Waals surface area contributed by atoms with Gasteiger partial charge in [-0.2, -0.15) is 0 Å². The Kier molecular flexibility index (Phi) is 5.76. The molecule has 0 fully saturated rings. The molecule has 0 saturated heterocycles. The highest BCUT2D eigenvalue weighted by atomic mass is 79.9. The predicted molar refractivity (Wildman–Crippen MR) is 93.8 cm³/mol. The fourth-order valence-electron chi connectivity index (χ4n) is 2.07. The van der Waals surface area contributed by atoms with Gasteiger partial charge >= 0.3 is 0 Å². The van der Waals surface area contributed by atoms with E-state index in [1.807, 2.05) is 12.1 Å². The first-order valence-electron chi connectivity index (χ1n) is 6.97. The van der Waals surface area contributed by atoms with Crippen LogP contribution >= 0.6 is 15.9 Å². The van der Waals surface area contributed by atoms with Crippen LogP contribution in [0.15, 0.2) is 53.0 Å². The molecule has 2 rings (SSSR count). The summed E-state index contributed by atoms with van der Waals surface area (Å²) in [5.41, 5.74) is 1.28. The van der Waals surface area contributed by atoms with Crippen LogP contribution in [-0.4, -0.2) is 25.5 Å². The Morgan fingerprint density at radius 1 is 1.17 bits per heavy atom. The molecule has 120 valence electrons. The smallest absolute Gasteiger partial charge is 0.244 e. The van der Waals surface area contributed by atoms with Gasteiger partial charge in [-0.05, 0) is 30.3 Å². The molecule has 6 heteroatoms. The number of benzene rings is 2. The normalized spacial score (nSPS) is 10.0. The molecule has 0 unspecified atom stereocenters. The molecule has 0 aliphatic heterocycles. The van der Waals surface area contributed by atoms with Crippen molar-refractivity contribution in [2.24, 2.45) is 0 Å². The lowest BCUT2D eigenvalue weighted by Gasteiger charge is -2.21. The topological polar surface area (TPSA) is 58.6 Å². The van der Waals surface area contributed by atoms with E-state index in [-0.39, 0.29) is 18.4 Å². The summed E-state index contributed by atoms with van der Waals surface area (Å²) >= 11 is 3.35. The van der Waals surface area contributed by atoms with Crippen molar-refractivity contribution in [1.29, 1.82) is 0 Å². The largest absolute Gasteiger partial charge is 0.497 e. The molecule has 0 aromatic heterocycles. The molecule has 2 aromatic rings. The highest BCUT2D eigenvalue weighted by Crippen LogP contribution is 2.21. The van der Waals surface area contributed by atoms with Crippen molar-refractivity contribution in [3.63, 3.8) is 0 Å². The van der Waals surface area contributed by atoms with Crippen molar-refractivity contribution in [2.45, 2.75) is 6.92 Å². The monoisotopic (exact) mass is 376 g/mol. The second-order valence-corrected chi connectivity index (χ2v) is 5.78. The van der Waals surface area contributed by atoms with Gasteiger partial charge in [0.15, 0.2) is 0 Å². The van der Waals surface area contributed by atoms with Crippen LogP contribution in [0.5, 0.6) is 5.75 Å². The van der Waals surface area contributed by atoms with E-state index in [9.17, 15) is 9.59 Å². The molecule has 0 aliphatic carbocycles. The minimum absolute atomic E-state index is 0.0744. The second kappa shape index (κ2) is 7.78. The van der Waals surface area contributed by atoms with Gasteiger partial charge in [-0.25, -0.2) is 0 Å². The Bertz CT molecular complexity index is 718. The van der Waals surface area contributed by atoms with E-state index in [1.165, 1.54) is 11.8 Å². The number of methoxy groups -OCH3 is 1. The maximum atomic E-state index is 12.2. The molecule has 1 N–H and O–H groups in total. The molecule has 2 aromatic carbocycles. The molecule has 0 radical (unpaired) electrons. The molecular formula is C17H17BrN2O3. The van der Waals surface area contributed by atoms with Crippen LogP contribution in [0.3, 0.4) is 0 Å². The van der Waals surface area contributed by atoms with E-state index in [0.29, 0.717) is 17.1 Å². The molecule has 0 bridgehead atoms. The first-order chi connectivity index (χ1) is 11.0. The number of nitrogens with one attached hydrogen (secondary N) is 1. The zero-order valence-electron chi connectivity index (χ0n) is 12.9. The third-order valence-corrected chi connectivity index (χ3v) is 3.65. The molecule has 5 nitrogen and oxygen atoms in total. The van der Waals surface area contributed by atoms with Gasteiger partial charge in [0.2, 0.25) is 11.8 Å². The average molecular weight is 377 g/mol. The highest BCUT2D eigenvalue weighted by molar-refractivity contribution is 9.10. The number of carbonyl (C=O) groups is 2. The van der Waals surface area contributed by atoms with Gasteiger partial charge in [0.25, 0.3) is 0 Å². The number of ether oxygens (including phenoxy) is 1. The van der Waals surface area contributed by atoms with Crippen LogP contribution in [0.2, 0.25) is 0 Å². The number of nitrogens with zero attached hydrogens (tertiary/aromatic N) is 1. The number of halogens is 1. The van der Waals surface area contributed by atoms with E-state index in [4.69, 9.17) is 4.74 Å². The summed E-state index contributed by atoms with van der Waals surface area (Å²) in [7, 11) is 1.55. The van der Waals surface area contributed by atoms with E-state index in [1.54, 1.807) is 43.5 Å². The number of amides is 2. The molecule has 0 atom stereocenters. The Hall–Kier alpha value is -2.34. The number of hydrogen-bond donors (Lipinski definition) is 1. The summed E-state index contributed by atoms with van der Waals surface area (Å²) in [5, 5.41) is 2.77. The Morgan fingerprint density at radius 2 is 1.91 bits per heavy atom. The zero-order chi connectivity index (χ0) is 16.8. The third kappa shape index (κ3) is 4.82. The maximum Gasteiger partial charge on any atom is 0.244 e. The summed E-state index contributed by atoms with van der Waals surface area (Å²) in [6.45, 7) is 1.35. The second-order valence-electron chi connectivity index (χ2n) is 4.87. The first-order valence-corrected chi connectivity index (χ1v) is 7.76. The van der Waals surface area contributed by atoms with E-state index in [2.05, 4.69) is 21.2 Å². The van der Waals surface area contributed by atoms with Gasteiger partial charge in [-0.1, -0.05) is 28.1 Å². The molecule has 0 spiro atoms. The number of anilines is 2. The summed E-state index contributed by atoms with van der Waals surface area (Å²) in [4.78, 5) is 25.5. The third-order valence-electron chi connectivity index (χ3n) is 3.16. The summed E-state index contributed by atoms with van der Waals surface area (Å²) in [6.07, 6.45) is 0. The lowest BCUT2D eigenvalue weighted by molar-refractivity contribution is -0.120. The van der Waals surface area contributed by atoms with Gasteiger partial charge in [0.05, 0.1) is 7.11 Å². The molecule has 0 saturated carbocycles. The summed E-state index contributed by atoms with van der Waals surface area (Å²) in [5.74, 6) is 0.130. The predicted octanol–water partition coefficient (Wildman–Crippen LogP) is 3.45. The fraction of sp³-hybridized carbons (Fsp3) is 0.176. The molecule has 23 heavy (non-hydrogen) atoms. The van der Waals surface area contributed by atoms with E-state index in [0.717, 1.165) is 4.47 Å². The summed E-state index contributed by atoms with van der Waals surface area (Å²) < 4.78 is 6.02. The van der Waals surface area contributed by atoms with E-state index >= 15 is 0 Å². The Morgan fingerprint density at radius 3 is 2.57 bits per heavy atom. The lowest BCUT2D eigenvalue weighted by atomic mass is 10.2. The van der Waals surface area contributed by atoms with Crippen molar-refractivity contribution >= 4 is 39.1 Å². The maximum absolute atomic E-state index is 12.2. The molecular weight excluding hydrogens is 360 g/mol. The fourth-order valence-corrected chi connectivity index (χ4v) is 2.47. The van der Waals surface area contributed by atoms with Crippen LogP contribution < -0.4 is 15.0 Å². The average Bonchev–Trinajstić information content (AvgIpc) is 2.52. The molecule has 2 amide bonds. The molecule has 0 heterocycles. The van der Waals surface area contributed by atoms with Gasteiger partial charge in [0, 0.05) is 28.8 Å². The van der Waals surface area contributed by atoms with Gasteiger partial charge in [-0.3, -0.25) is 9.59 Å². The number of hydrogen-bond acceptors (Lipinski definition) is 3. The van der Waals surface area contributed by atoms with Crippen LogP contribution in [0, 0.1) is 0 Å². The standard InChI is InChI=1S/C17H17BrN2O3/c1-12(21)20(15-7-4-8-16(10-15)23-2)11-17(22)19-14-6-3-5-13(18)9-14/h3-10H,11H2,1-2H3,(H,19,22). The minimum Gasteiger partial charge on any atom is -0.497 e. The van der Waals surface area contributed by atoms with Crippen molar-refractivity contribution in [1.82, 2.24) is 0 Å².